The van der Waals surface area contributed by atoms with Crippen LogP contribution in [0.1, 0.15) is 35.2 Å². The molecular weight excluding hydrogens is 252 g/mol. The van der Waals surface area contributed by atoms with Crippen LogP contribution in [0.2, 0.25) is 0 Å². The summed E-state index contributed by atoms with van der Waals surface area (Å²) in [6.45, 7) is 2.17. The van der Waals surface area contributed by atoms with Crippen molar-refractivity contribution in [2.45, 2.75) is 38.0 Å². The minimum atomic E-state index is 0.145. The number of ether oxygens (including phenoxy) is 1. The van der Waals surface area contributed by atoms with Gasteiger partial charge in [-0.15, -0.1) is 0 Å². The normalized spacial score (nSPS) is 25.6. The molecule has 0 spiro atoms. The third-order valence-electron chi connectivity index (χ3n) is 4.36. The van der Waals surface area contributed by atoms with Gasteiger partial charge in [-0.25, -0.2) is 0 Å². The topological polar surface area (TPSA) is 41.6 Å². The van der Waals surface area contributed by atoms with Gasteiger partial charge < -0.3 is 15.0 Å². The number of likely N-dealkylation sites (tertiary alicyclic amines) is 1. The SMILES string of the molecule is COCc1ccccc1C(=O)N1CCC2CCC(C1)N2. The molecule has 2 atom stereocenters. The lowest BCUT2D eigenvalue weighted by Crippen LogP contribution is -2.39. The number of fused-ring (bicyclic) bond motifs is 2. The standard InChI is InChI=1S/C16H22N2O2/c1-20-11-12-4-2-3-5-15(12)16(19)18-9-8-13-6-7-14(10-18)17-13/h2-5,13-14,17H,6-11H2,1H3. The molecule has 2 aliphatic rings. The Labute approximate surface area is 120 Å². The van der Waals surface area contributed by atoms with E-state index in [0.29, 0.717) is 18.7 Å². The molecule has 2 saturated heterocycles. The average molecular weight is 274 g/mol. The summed E-state index contributed by atoms with van der Waals surface area (Å²) in [5.74, 6) is 0.145. The molecule has 0 radical (unpaired) electrons. The number of nitrogens with one attached hydrogen (secondary N) is 1. The Bertz CT molecular complexity index is 489. The molecule has 0 aliphatic carbocycles. The molecule has 20 heavy (non-hydrogen) atoms. The van der Waals surface area contributed by atoms with Crippen LogP contribution >= 0.6 is 0 Å². The highest BCUT2D eigenvalue weighted by atomic mass is 16.5. The number of nitrogens with zero attached hydrogens (tertiary/aromatic N) is 1. The van der Waals surface area contributed by atoms with E-state index >= 15 is 0 Å². The Balaban J connectivity index is 1.78. The predicted octanol–water partition coefficient (Wildman–Crippen LogP) is 1.80. The highest BCUT2D eigenvalue weighted by Crippen LogP contribution is 2.22. The van der Waals surface area contributed by atoms with Crippen LogP contribution in [0.3, 0.4) is 0 Å². The summed E-state index contributed by atoms with van der Waals surface area (Å²) in [6, 6.07) is 8.84. The van der Waals surface area contributed by atoms with Crippen molar-refractivity contribution in [2.24, 2.45) is 0 Å². The summed E-state index contributed by atoms with van der Waals surface area (Å²) in [5.41, 5.74) is 1.76. The summed E-state index contributed by atoms with van der Waals surface area (Å²) in [6.07, 6.45) is 3.51. The van der Waals surface area contributed by atoms with Crippen LogP contribution in [0.15, 0.2) is 24.3 Å². The minimum absolute atomic E-state index is 0.145. The van der Waals surface area contributed by atoms with Crippen molar-refractivity contribution in [1.82, 2.24) is 10.2 Å². The second-order valence-corrected chi connectivity index (χ2v) is 5.77. The quantitative estimate of drug-likeness (QED) is 0.914. The smallest absolute Gasteiger partial charge is 0.254 e. The molecule has 3 rings (SSSR count). The van der Waals surface area contributed by atoms with Crippen LogP contribution < -0.4 is 5.32 Å². The Morgan fingerprint density at radius 2 is 2.10 bits per heavy atom. The van der Waals surface area contributed by atoms with E-state index in [2.05, 4.69) is 5.32 Å². The van der Waals surface area contributed by atoms with Crippen molar-refractivity contribution in [1.29, 1.82) is 0 Å². The number of benzene rings is 1. The maximum atomic E-state index is 12.8. The van der Waals surface area contributed by atoms with Gasteiger partial charge in [0.2, 0.25) is 0 Å². The lowest BCUT2D eigenvalue weighted by molar-refractivity contribution is 0.0743. The second kappa shape index (κ2) is 5.94. The van der Waals surface area contributed by atoms with E-state index in [1.54, 1.807) is 7.11 Å². The summed E-state index contributed by atoms with van der Waals surface area (Å²) in [4.78, 5) is 14.8. The first-order valence-corrected chi connectivity index (χ1v) is 7.40. The van der Waals surface area contributed by atoms with Gasteiger partial charge in [0.05, 0.1) is 6.61 Å². The summed E-state index contributed by atoms with van der Waals surface area (Å²) >= 11 is 0. The predicted molar refractivity (Wildman–Crippen MR) is 77.6 cm³/mol. The fourth-order valence-corrected chi connectivity index (χ4v) is 3.31. The van der Waals surface area contributed by atoms with Gasteiger partial charge in [-0.05, 0) is 30.9 Å². The van der Waals surface area contributed by atoms with Crippen LogP contribution in [-0.4, -0.2) is 43.1 Å². The summed E-state index contributed by atoms with van der Waals surface area (Å²) in [7, 11) is 1.66. The van der Waals surface area contributed by atoms with Gasteiger partial charge in [0, 0.05) is 37.8 Å². The Hall–Kier alpha value is -1.39. The molecule has 2 fully saturated rings. The summed E-state index contributed by atoms with van der Waals surface area (Å²) < 4.78 is 5.20. The number of amides is 1. The van der Waals surface area contributed by atoms with Gasteiger partial charge in [0.25, 0.3) is 5.91 Å². The van der Waals surface area contributed by atoms with Gasteiger partial charge in [-0.1, -0.05) is 18.2 Å². The molecule has 2 aliphatic heterocycles. The maximum absolute atomic E-state index is 12.8. The minimum Gasteiger partial charge on any atom is -0.380 e. The Morgan fingerprint density at radius 3 is 2.95 bits per heavy atom. The van der Waals surface area contributed by atoms with Crippen LogP contribution in [0.4, 0.5) is 0 Å². The highest BCUT2D eigenvalue weighted by molar-refractivity contribution is 5.95. The Morgan fingerprint density at radius 1 is 1.30 bits per heavy atom. The van der Waals surface area contributed by atoms with Crippen molar-refractivity contribution in [3.63, 3.8) is 0 Å². The van der Waals surface area contributed by atoms with Crippen LogP contribution in [0.5, 0.6) is 0 Å². The van der Waals surface area contributed by atoms with Crippen molar-refractivity contribution in [3.8, 4) is 0 Å². The first kappa shape index (κ1) is 13.6. The van der Waals surface area contributed by atoms with Crippen molar-refractivity contribution < 1.29 is 9.53 Å². The molecule has 1 amide bonds. The summed E-state index contributed by atoms with van der Waals surface area (Å²) in [5, 5.41) is 3.61. The molecule has 1 aromatic rings. The number of rotatable bonds is 3. The number of hydrogen-bond acceptors (Lipinski definition) is 3. The first-order valence-electron chi connectivity index (χ1n) is 7.40. The van der Waals surface area contributed by atoms with Gasteiger partial charge in [-0.2, -0.15) is 0 Å². The maximum Gasteiger partial charge on any atom is 0.254 e. The largest absolute Gasteiger partial charge is 0.380 e. The molecule has 4 heteroatoms. The van der Waals surface area contributed by atoms with E-state index in [1.165, 1.54) is 12.8 Å². The molecule has 108 valence electrons. The lowest BCUT2D eigenvalue weighted by atomic mass is 10.0. The zero-order valence-electron chi connectivity index (χ0n) is 12.0. The second-order valence-electron chi connectivity index (χ2n) is 5.77. The van der Waals surface area contributed by atoms with Gasteiger partial charge in [0.15, 0.2) is 0 Å². The van der Waals surface area contributed by atoms with E-state index in [-0.39, 0.29) is 5.91 Å². The zero-order valence-corrected chi connectivity index (χ0v) is 12.0. The molecule has 1 aromatic carbocycles. The van der Waals surface area contributed by atoms with E-state index < -0.39 is 0 Å². The van der Waals surface area contributed by atoms with Crippen LogP contribution in [0.25, 0.3) is 0 Å². The highest BCUT2D eigenvalue weighted by Gasteiger charge is 2.31. The van der Waals surface area contributed by atoms with E-state index in [1.807, 2.05) is 29.2 Å². The van der Waals surface area contributed by atoms with E-state index in [9.17, 15) is 4.79 Å². The molecule has 0 aromatic heterocycles. The molecular formula is C16H22N2O2. The number of hydrogen-bond donors (Lipinski definition) is 1. The van der Waals surface area contributed by atoms with E-state index in [4.69, 9.17) is 4.74 Å². The van der Waals surface area contributed by atoms with Crippen molar-refractivity contribution in [3.05, 3.63) is 35.4 Å². The fraction of sp³-hybridized carbons (Fsp3) is 0.562. The number of carbonyl (C=O) groups excluding carboxylic acids is 1. The molecule has 1 N–H and O–H groups in total. The average Bonchev–Trinajstić information content (AvgIpc) is 2.79. The molecule has 2 unspecified atom stereocenters. The van der Waals surface area contributed by atoms with Crippen LogP contribution in [-0.2, 0) is 11.3 Å². The number of methoxy groups -OCH3 is 1. The van der Waals surface area contributed by atoms with Crippen molar-refractivity contribution in [2.75, 3.05) is 20.2 Å². The first-order chi connectivity index (χ1) is 9.78. The van der Waals surface area contributed by atoms with Gasteiger partial charge >= 0.3 is 0 Å². The fourth-order valence-electron chi connectivity index (χ4n) is 3.31. The number of carbonyl (C=O) groups is 1. The zero-order chi connectivity index (χ0) is 13.9. The van der Waals surface area contributed by atoms with Crippen molar-refractivity contribution >= 4 is 5.91 Å². The lowest BCUT2D eigenvalue weighted by Gasteiger charge is -2.25. The van der Waals surface area contributed by atoms with Crippen LogP contribution in [0, 0.1) is 0 Å². The molecule has 2 bridgehead atoms. The van der Waals surface area contributed by atoms with Gasteiger partial charge in [-0.3, -0.25) is 4.79 Å². The third-order valence-corrected chi connectivity index (χ3v) is 4.36. The third kappa shape index (κ3) is 2.72. The monoisotopic (exact) mass is 274 g/mol. The molecule has 4 nitrogen and oxygen atoms in total. The Kier molecular flexibility index (Phi) is 4.03. The van der Waals surface area contributed by atoms with Gasteiger partial charge in [0.1, 0.15) is 0 Å². The van der Waals surface area contributed by atoms with E-state index in [0.717, 1.165) is 30.6 Å². The molecule has 0 saturated carbocycles. The molecule has 2 heterocycles.